The van der Waals surface area contributed by atoms with Crippen LogP contribution in [0.5, 0.6) is 0 Å². The zero-order valence-corrected chi connectivity index (χ0v) is 16.2. The number of para-hydroxylation sites is 1. The van der Waals surface area contributed by atoms with Gasteiger partial charge in [-0.3, -0.25) is 4.79 Å². The molecule has 1 heterocycles. The fourth-order valence-electron chi connectivity index (χ4n) is 3.43. The van der Waals surface area contributed by atoms with E-state index in [0.29, 0.717) is 13.0 Å². The van der Waals surface area contributed by atoms with E-state index in [2.05, 4.69) is 22.3 Å². The van der Waals surface area contributed by atoms with Crippen molar-refractivity contribution in [2.75, 3.05) is 18.0 Å². The van der Waals surface area contributed by atoms with Gasteiger partial charge >= 0.3 is 0 Å². The first-order chi connectivity index (χ1) is 12.9. The van der Waals surface area contributed by atoms with Crippen molar-refractivity contribution in [3.63, 3.8) is 0 Å². The van der Waals surface area contributed by atoms with Gasteiger partial charge in [0, 0.05) is 18.8 Å². The summed E-state index contributed by atoms with van der Waals surface area (Å²) in [5.41, 5.74) is 3.38. The highest BCUT2D eigenvalue weighted by Gasteiger charge is 2.25. The third kappa shape index (κ3) is 4.67. The van der Waals surface area contributed by atoms with Gasteiger partial charge in [-0.25, -0.2) is 13.6 Å². The number of sulfonamides is 1. The lowest BCUT2D eigenvalue weighted by Gasteiger charge is -2.35. The van der Waals surface area contributed by atoms with E-state index in [1.165, 1.54) is 17.7 Å². The summed E-state index contributed by atoms with van der Waals surface area (Å²) in [6.07, 6.45) is 2.72. The van der Waals surface area contributed by atoms with Crippen molar-refractivity contribution in [1.82, 2.24) is 5.32 Å². The van der Waals surface area contributed by atoms with Gasteiger partial charge in [-0.05, 0) is 55.5 Å². The molecule has 0 saturated heterocycles. The second kappa shape index (κ2) is 8.10. The topological polar surface area (TPSA) is 92.5 Å². The number of hydrogen-bond acceptors (Lipinski definition) is 4. The van der Waals surface area contributed by atoms with Crippen LogP contribution in [0.1, 0.15) is 24.5 Å². The van der Waals surface area contributed by atoms with Crippen LogP contribution in [-0.4, -0.2) is 33.5 Å². The standard InChI is InChI=1S/C20H25N3O3S/c1-15(23-14-4-6-17-5-2-3-7-19(17)23)20(24)22-13-12-16-8-10-18(11-9-16)27(21,25)26/h2-3,5,7-11,15H,4,6,12-14H2,1H3,(H,22,24)(H2,21,25,26). The molecular formula is C20H25N3O3S. The molecule has 1 aliphatic rings. The Kier molecular flexibility index (Phi) is 5.82. The number of hydrogen-bond donors (Lipinski definition) is 2. The fourth-order valence-corrected chi connectivity index (χ4v) is 3.95. The molecule has 0 bridgehead atoms. The molecule has 0 aliphatic carbocycles. The highest BCUT2D eigenvalue weighted by Crippen LogP contribution is 2.28. The normalized spacial score (nSPS) is 15.1. The number of carbonyl (C=O) groups is 1. The Morgan fingerprint density at radius 3 is 2.59 bits per heavy atom. The van der Waals surface area contributed by atoms with Crippen molar-refractivity contribution in [3.05, 3.63) is 59.7 Å². The van der Waals surface area contributed by atoms with Gasteiger partial charge in [0.25, 0.3) is 0 Å². The van der Waals surface area contributed by atoms with Crippen LogP contribution in [0.3, 0.4) is 0 Å². The average Bonchev–Trinajstić information content (AvgIpc) is 2.66. The van der Waals surface area contributed by atoms with E-state index >= 15 is 0 Å². The van der Waals surface area contributed by atoms with Crippen molar-refractivity contribution in [2.45, 2.75) is 37.1 Å². The summed E-state index contributed by atoms with van der Waals surface area (Å²) < 4.78 is 22.6. The van der Waals surface area contributed by atoms with Gasteiger partial charge < -0.3 is 10.2 Å². The quantitative estimate of drug-likeness (QED) is 0.791. The highest BCUT2D eigenvalue weighted by molar-refractivity contribution is 7.89. The molecule has 6 nitrogen and oxygen atoms in total. The number of anilines is 1. The van der Waals surface area contributed by atoms with E-state index in [4.69, 9.17) is 5.14 Å². The number of amides is 1. The Balaban J connectivity index is 1.55. The first kappa shape index (κ1) is 19.4. The molecule has 1 aliphatic heterocycles. The number of nitrogens with one attached hydrogen (secondary N) is 1. The molecule has 0 radical (unpaired) electrons. The number of fused-ring (bicyclic) bond motifs is 1. The molecule has 2 aromatic carbocycles. The van der Waals surface area contributed by atoms with Crippen LogP contribution in [0.4, 0.5) is 5.69 Å². The predicted molar refractivity (Wildman–Crippen MR) is 106 cm³/mol. The molecule has 144 valence electrons. The number of nitrogens with zero attached hydrogens (tertiary/aromatic N) is 1. The second-order valence-electron chi connectivity index (χ2n) is 6.83. The zero-order chi connectivity index (χ0) is 19.4. The summed E-state index contributed by atoms with van der Waals surface area (Å²) >= 11 is 0. The number of nitrogens with two attached hydrogens (primary N) is 1. The third-order valence-corrected chi connectivity index (χ3v) is 5.89. The monoisotopic (exact) mass is 387 g/mol. The zero-order valence-electron chi connectivity index (χ0n) is 15.4. The van der Waals surface area contributed by atoms with Crippen LogP contribution >= 0.6 is 0 Å². The molecule has 0 spiro atoms. The van der Waals surface area contributed by atoms with Crippen LogP contribution in [0, 0.1) is 0 Å². The van der Waals surface area contributed by atoms with Crippen LogP contribution in [-0.2, 0) is 27.7 Å². The second-order valence-corrected chi connectivity index (χ2v) is 8.39. The molecule has 3 N–H and O–H groups in total. The minimum atomic E-state index is -3.68. The molecule has 1 unspecified atom stereocenters. The summed E-state index contributed by atoms with van der Waals surface area (Å²) in [7, 11) is -3.68. The van der Waals surface area contributed by atoms with Gasteiger partial charge in [0.1, 0.15) is 6.04 Å². The van der Waals surface area contributed by atoms with E-state index in [1.807, 2.05) is 19.1 Å². The lowest BCUT2D eigenvalue weighted by Crippen LogP contribution is -2.47. The first-order valence-electron chi connectivity index (χ1n) is 9.10. The van der Waals surface area contributed by atoms with Crippen molar-refractivity contribution in [2.24, 2.45) is 5.14 Å². The van der Waals surface area contributed by atoms with Crippen LogP contribution in [0.25, 0.3) is 0 Å². The summed E-state index contributed by atoms with van der Waals surface area (Å²) in [6, 6.07) is 14.4. The molecular weight excluding hydrogens is 362 g/mol. The van der Waals surface area contributed by atoms with E-state index in [0.717, 1.165) is 30.6 Å². The van der Waals surface area contributed by atoms with Crippen molar-refractivity contribution in [1.29, 1.82) is 0 Å². The molecule has 2 aromatic rings. The van der Waals surface area contributed by atoms with Gasteiger partial charge in [-0.1, -0.05) is 30.3 Å². The smallest absolute Gasteiger partial charge is 0.242 e. The molecule has 1 atom stereocenters. The van der Waals surface area contributed by atoms with E-state index in [1.54, 1.807) is 12.1 Å². The molecule has 1 amide bonds. The SMILES string of the molecule is CC(C(=O)NCCc1ccc(S(N)(=O)=O)cc1)N1CCCc2ccccc21. The lowest BCUT2D eigenvalue weighted by molar-refractivity contribution is -0.122. The Labute approximate surface area is 160 Å². The van der Waals surface area contributed by atoms with Crippen molar-refractivity contribution < 1.29 is 13.2 Å². The van der Waals surface area contributed by atoms with Crippen LogP contribution in [0.2, 0.25) is 0 Å². The van der Waals surface area contributed by atoms with Crippen molar-refractivity contribution in [3.8, 4) is 0 Å². The Hall–Kier alpha value is -2.38. The molecule has 7 heteroatoms. The molecule has 0 saturated carbocycles. The van der Waals surface area contributed by atoms with Gasteiger partial charge in [0.15, 0.2) is 0 Å². The number of benzene rings is 2. The maximum atomic E-state index is 12.6. The van der Waals surface area contributed by atoms with Gasteiger partial charge in [-0.15, -0.1) is 0 Å². The van der Waals surface area contributed by atoms with E-state index in [9.17, 15) is 13.2 Å². The Morgan fingerprint density at radius 2 is 1.89 bits per heavy atom. The summed E-state index contributed by atoms with van der Waals surface area (Å²) in [4.78, 5) is 14.8. The Morgan fingerprint density at radius 1 is 1.19 bits per heavy atom. The Bertz CT molecular complexity index is 910. The number of primary sulfonamides is 1. The summed E-state index contributed by atoms with van der Waals surface area (Å²) in [6.45, 7) is 3.30. The van der Waals surface area contributed by atoms with Gasteiger partial charge in [0.2, 0.25) is 15.9 Å². The fraction of sp³-hybridized carbons (Fsp3) is 0.350. The first-order valence-corrected chi connectivity index (χ1v) is 10.6. The molecule has 0 aromatic heterocycles. The van der Waals surface area contributed by atoms with Crippen LogP contribution in [0.15, 0.2) is 53.4 Å². The minimum absolute atomic E-state index is 0.00661. The average molecular weight is 388 g/mol. The summed E-state index contributed by atoms with van der Waals surface area (Å²) in [5, 5.41) is 8.08. The number of rotatable bonds is 6. The number of aryl methyl sites for hydroxylation is 1. The molecule has 3 rings (SSSR count). The van der Waals surface area contributed by atoms with Crippen LogP contribution < -0.4 is 15.4 Å². The molecule has 27 heavy (non-hydrogen) atoms. The predicted octanol–water partition coefficient (Wildman–Crippen LogP) is 1.83. The van der Waals surface area contributed by atoms with Gasteiger partial charge in [0.05, 0.1) is 4.90 Å². The maximum absolute atomic E-state index is 12.6. The minimum Gasteiger partial charge on any atom is -0.360 e. The third-order valence-electron chi connectivity index (χ3n) is 4.96. The molecule has 0 fully saturated rings. The van der Waals surface area contributed by atoms with E-state index < -0.39 is 10.0 Å². The lowest BCUT2D eigenvalue weighted by atomic mass is 10.00. The maximum Gasteiger partial charge on any atom is 0.242 e. The summed E-state index contributed by atoms with van der Waals surface area (Å²) in [5.74, 6) is -0.00661. The van der Waals surface area contributed by atoms with E-state index in [-0.39, 0.29) is 16.8 Å². The van der Waals surface area contributed by atoms with Crippen molar-refractivity contribution >= 4 is 21.6 Å². The largest absolute Gasteiger partial charge is 0.360 e. The highest BCUT2D eigenvalue weighted by atomic mass is 32.2. The number of carbonyl (C=O) groups excluding carboxylic acids is 1. The van der Waals surface area contributed by atoms with Gasteiger partial charge in [-0.2, -0.15) is 0 Å².